The summed E-state index contributed by atoms with van der Waals surface area (Å²) in [4.78, 5) is 16.0. The largest absolute Gasteiger partial charge is 0.353 e. The third-order valence-corrected chi connectivity index (χ3v) is 5.54. The first kappa shape index (κ1) is 14.9. The Morgan fingerprint density at radius 3 is 2.85 bits per heavy atom. The van der Waals surface area contributed by atoms with Gasteiger partial charge in [0.15, 0.2) is 0 Å². The van der Waals surface area contributed by atoms with Crippen LogP contribution in [0.2, 0.25) is 0 Å². The van der Waals surface area contributed by atoms with Gasteiger partial charge in [0.05, 0.1) is 5.69 Å². The summed E-state index contributed by atoms with van der Waals surface area (Å²) in [5.41, 5.74) is 4.71. The van der Waals surface area contributed by atoms with Crippen molar-refractivity contribution in [1.29, 1.82) is 0 Å². The number of amides is 1. The molecule has 0 spiro atoms. The molecule has 2 rings (SSSR count). The average Bonchev–Trinajstić information content (AvgIpc) is 2.41. The van der Waals surface area contributed by atoms with E-state index in [2.05, 4.69) is 10.3 Å². The molecular weight excluding hydrogens is 280 g/mol. The first-order valence-electron chi connectivity index (χ1n) is 6.27. The van der Waals surface area contributed by atoms with Crippen LogP contribution >= 0.6 is 0 Å². The van der Waals surface area contributed by atoms with E-state index in [-0.39, 0.29) is 23.9 Å². The Morgan fingerprint density at radius 2 is 2.20 bits per heavy atom. The van der Waals surface area contributed by atoms with Gasteiger partial charge in [-0.25, -0.2) is 8.42 Å². The van der Waals surface area contributed by atoms with Crippen LogP contribution in [0.25, 0.3) is 0 Å². The highest BCUT2D eigenvalue weighted by Gasteiger charge is 2.45. The zero-order chi connectivity index (χ0) is 15.0. The number of carbonyl (C=O) groups is 1. The maximum absolute atomic E-state index is 12.8. The molecule has 1 aliphatic rings. The Hall–Kier alpha value is -1.51. The molecule has 0 radical (unpaired) electrons. The minimum absolute atomic E-state index is 0.0237. The van der Waals surface area contributed by atoms with Gasteiger partial charge >= 0.3 is 0 Å². The van der Waals surface area contributed by atoms with Crippen LogP contribution < -0.4 is 11.1 Å². The minimum Gasteiger partial charge on any atom is -0.353 e. The Morgan fingerprint density at radius 1 is 1.50 bits per heavy atom. The second-order valence-corrected chi connectivity index (χ2v) is 6.88. The molecule has 0 atom stereocenters. The quantitative estimate of drug-likeness (QED) is 0.778. The third-order valence-electron chi connectivity index (χ3n) is 3.39. The van der Waals surface area contributed by atoms with Crippen LogP contribution in [0.1, 0.15) is 19.5 Å². The molecule has 0 aromatic carbocycles. The number of nitrogens with two attached hydrogens (primary N) is 1. The Kier molecular flexibility index (Phi) is 3.81. The van der Waals surface area contributed by atoms with Crippen molar-refractivity contribution in [3.05, 3.63) is 24.0 Å². The van der Waals surface area contributed by atoms with Crippen LogP contribution in [0.5, 0.6) is 0 Å². The fourth-order valence-electron chi connectivity index (χ4n) is 2.23. The Balaban J connectivity index is 2.52. The molecule has 0 bridgehead atoms. The number of piperazine rings is 1. The first-order chi connectivity index (χ1) is 9.31. The van der Waals surface area contributed by atoms with E-state index in [9.17, 15) is 13.2 Å². The number of carbonyl (C=O) groups excluding carboxylic acids is 1. The van der Waals surface area contributed by atoms with Crippen LogP contribution in [0, 0.1) is 0 Å². The van der Waals surface area contributed by atoms with Gasteiger partial charge in [-0.05, 0) is 26.0 Å². The number of hydrogen-bond donors (Lipinski definition) is 2. The molecule has 7 nitrogen and oxygen atoms in total. The second kappa shape index (κ2) is 5.12. The lowest BCUT2D eigenvalue weighted by Gasteiger charge is -2.40. The van der Waals surface area contributed by atoms with Gasteiger partial charge in [-0.2, -0.15) is 4.31 Å². The van der Waals surface area contributed by atoms with Gasteiger partial charge in [0.2, 0.25) is 15.9 Å². The van der Waals surface area contributed by atoms with Crippen molar-refractivity contribution in [1.82, 2.24) is 14.6 Å². The molecule has 1 aliphatic heterocycles. The summed E-state index contributed by atoms with van der Waals surface area (Å²) in [5, 5.41) is 2.67. The van der Waals surface area contributed by atoms with E-state index < -0.39 is 15.6 Å². The van der Waals surface area contributed by atoms with Crippen LogP contribution in [0.3, 0.4) is 0 Å². The van der Waals surface area contributed by atoms with Crippen molar-refractivity contribution in [2.75, 3.05) is 13.1 Å². The number of pyridine rings is 1. The van der Waals surface area contributed by atoms with Crippen LogP contribution in [0.15, 0.2) is 23.2 Å². The number of nitrogens with one attached hydrogen (secondary N) is 1. The van der Waals surface area contributed by atoms with Crippen molar-refractivity contribution >= 4 is 15.9 Å². The van der Waals surface area contributed by atoms with Crippen LogP contribution in [0.4, 0.5) is 0 Å². The lowest BCUT2D eigenvalue weighted by atomic mass is 10.0. The van der Waals surface area contributed by atoms with Gasteiger partial charge in [-0.1, -0.05) is 0 Å². The van der Waals surface area contributed by atoms with Crippen molar-refractivity contribution in [3.63, 3.8) is 0 Å². The van der Waals surface area contributed by atoms with Crippen molar-refractivity contribution < 1.29 is 13.2 Å². The molecule has 1 fully saturated rings. The molecular formula is C12H18N4O3S. The van der Waals surface area contributed by atoms with Crippen molar-refractivity contribution in [3.8, 4) is 0 Å². The third kappa shape index (κ3) is 2.30. The lowest BCUT2D eigenvalue weighted by molar-refractivity contribution is -0.131. The summed E-state index contributed by atoms with van der Waals surface area (Å²) < 4.78 is 26.8. The average molecular weight is 298 g/mol. The fraction of sp³-hybridized carbons (Fsp3) is 0.500. The van der Waals surface area contributed by atoms with E-state index in [1.165, 1.54) is 16.6 Å². The molecule has 20 heavy (non-hydrogen) atoms. The summed E-state index contributed by atoms with van der Waals surface area (Å²) in [6, 6.07) is 3.01. The Bertz CT molecular complexity index is 627. The van der Waals surface area contributed by atoms with E-state index in [0.29, 0.717) is 12.2 Å². The zero-order valence-electron chi connectivity index (χ0n) is 11.5. The fourth-order valence-corrected chi connectivity index (χ4v) is 4.17. The van der Waals surface area contributed by atoms with E-state index in [1.807, 2.05) is 0 Å². The number of aromatic nitrogens is 1. The van der Waals surface area contributed by atoms with E-state index in [0.717, 1.165) is 0 Å². The second-order valence-electron chi connectivity index (χ2n) is 5.04. The monoisotopic (exact) mass is 298 g/mol. The normalized spacial score (nSPS) is 19.6. The van der Waals surface area contributed by atoms with E-state index in [1.54, 1.807) is 19.9 Å². The predicted molar refractivity (Wildman–Crippen MR) is 73.1 cm³/mol. The van der Waals surface area contributed by atoms with Gasteiger partial charge in [0.1, 0.15) is 10.4 Å². The standard InChI is InChI=1S/C12H18N4O3S/c1-12(2)11(17)15-6-7-16(12)20(18,19)10-4-3-5-14-9(10)8-13/h3-5H,6-8,13H2,1-2H3,(H,15,17). The molecule has 110 valence electrons. The number of rotatable bonds is 3. The highest BCUT2D eigenvalue weighted by Crippen LogP contribution is 2.27. The molecule has 1 amide bonds. The van der Waals surface area contributed by atoms with Crippen molar-refractivity contribution in [2.45, 2.75) is 30.8 Å². The molecule has 2 heterocycles. The molecule has 1 aromatic rings. The van der Waals surface area contributed by atoms with Crippen LogP contribution in [-0.4, -0.2) is 42.2 Å². The summed E-state index contributed by atoms with van der Waals surface area (Å²) in [6.45, 7) is 3.70. The molecule has 0 saturated carbocycles. The molecule has 0 unspecified atom stereocenters. The van der Waals surface area contributed by atoms with Gasteiger partial charge in [0.25, 0.3) is 0 Å². The number of sulfonamides is 1. The number of nitrogens with zero attached hydrogens (tertiary/aromatic N) is 2. The topological polar surface area (TPSA) is 105 Å². The summed E-state index contributed by atoms with van der Waals surface area (Å²) >= 11 is 0. The molecule has 3 N–H and O–H groups in total. The zero-order valence-corrected chi connectivity index (χ0v) is 12.3. The van der Waals surface area contributed by atoms with Crippen molar-refractivity contribution in [2.24, 2.45) is 5.73 Å². The maximum Gasteiger partial charge on any atom is 0.245 e. The molecule has 1 saturated heterocycles. The van der Waals surface area contributed by atoms with E-state index >= 15 is 0 Å². The maximum atomic E-state index is 12.8. The smallest absolute Gasteiger partial charge is 0.245 e. The summed E-state index contributed by atoms with van der Waals surface area (Å²) in [5.74, 6) is -0.314. The Labute approximate surface area is 118 Å². The SMILES string of the molecule is CC1(C)C(=O)NCCN1S(=O)(=O)c1cccnc1CN. The molecule has 1 aromatic heterocycles. The minimum atomic E-state index is -3.82. The summed E-state index contributed by atoms with van der Waals surface area (Å²) in [6.07, 6.45) is 1.50. The van der Waals surface area contributed by atoms with Gasteiger partial charge in [0, 0.05) is 25.8 Å². The molecule has 8 heteroatoms. The van der Waals surface area contributed by atoms with Gasteiger partial charge in [-0.15, -0.1) is 0 Å². The highest BCUT2D eigenvalue weighted by atomic mass is 32.2. The predicted octanol–water partition coefficient (Wildman–Crippen LogP) is -0.561. The number of hydrogen-bond acceptors (Lipinski definition) is 5. The van der Waals surface area contributed by atoms with E-state index in [4.69, 9.17) is 5.73 Å². The van der Waals surface area contributed by atoms with Gasteiger partial charge < -0.3 is 11.1 Å². The summed E-state index contributed by atoms with van der Waals surface area (Å²) in [7, 11) is -3.82. The lowest BCUT2D eigenvalue weighted by Crippen LogP contribution is -2.63. The highest BCUT2D eigenvalue weighted by molar-refractivity contribution is 7.89. The van der Waals surface area contributed by atoms with Crippen LogP contribution in [-0.2, 0) is 21.4 Å². The molecule has 0 aliphatic carbocycles. The van der Waals surface area contributed by atoms with Gasteiger partial charge in [-0.3, -0.25) is 9.78 Å². The first-order valence-corrected chi connectivity index (χ1v) is 7.71.